The Morgan fingerprint density at radius 3 is 2.26 bits per heavy atom. The highest BCUT2D eigenvalue weighted by atomic mass is 35.5. The van der Waals surface area contributed by atoms with Gasteiger partial charge in [0, 0.05) is 17.5 Å². The number of amides is 1. The van der Waals surface area contributed by atoms with Gasteiger partial charge >= 0.3 is 0 Å². The molecule has 0 heterocycles. The molecule has 0 saturated heterocycles. The van der Waals surface area contributed by atoms with E-state index in [0.717, 1.165) is 18.4 Å². The fraction of sp³-hybridized carbons (Fsp3) is 0.533. The Morgan fingerprint density at radius 1 is 1.32 bits per heavy atom. The third kappa shape index (κ3) is 3.71. The molecule has 0 aliphatic carbocycles. The Labute approximate surface area is 120 Å². The Morgan fingerprint density at radius 2 is 1.84 bits per heavy atom. The first kappa shape index (κ1) is 16.0. The molecule has 19 heavy (non-hydrogen) atoms. The van der Waals surface area contributed by atoms with Crippen molar-refractivity contribution in [3.63, 3.8) is 0 Å². The van der Waals surface area contributed by atoms with Gasteiger partial charge in [0.2, 0.25) is 5.91 Å². The summed E-state index contributed by atoms with van der Waals surface area (Å²) >= 11 is 5.92. The van der Waals surface area contributed by atoms with Crippen LogP contribution in [0.5, 0.6) is 0 Å². The molecule has 1 rings (SSSR count). The quantitative estimate of drug-likeness (QED) is 0.842. The minimum Gasteiger partial charge on any atom is -0.346 e. The van der Waals surface area contributed by atoms with E-state index in [-0.39, 0.29) is 17.4 Å². The summed E-state index contributed by atoms with van der Waals surface area (Å²) in [4.78, 5) is 12.1. The van der Waals surface area contributed by atoms with Crippen molar-refractivity contribution in [2.24, 2.45) is 11.7 Å². The number of carbonyl (C=O) groups excluding carboxylic acids is 1. The summed E-state index contributed by atoms with van der Waals surface area (Å²) in [6, 6.07) is 7.66. The molecule has 0 aliphatic heterocycles. The van der Waals surface area contributed by atoms with Crippen molar-refractivity contribution in [2.45, 2.75) is 39.2 Å². The van der Waals surface area contributed by atoms with Gasteiger partial charge in [0.15, 0.2) is 0 Å². The third-order valence-electron chi connectivity index (χ3n) is 3.77. The van der Waals surface area contributed by atoms with Gasteiger partial charge in [0.25, 0.3) is 0 Å². The molecule has 3 N–H and O–H groups in total. The fourth-order valence-electron chi connectivity index (χ4n) is 2.14. The van der Waals surface area contributed by atoms with Crippen molar-refractivity contribution >= 4 is 17.5 Å². The molecule has 1 amide bonds. The zero-order valence-corrected chi connectivity index (χ0v) is 12.6. The van der Waals surface area contributed by atoms with Gasteiger partial charge in [0.1, 0.15) is 0 Å². The highest BCUT2D eigenvalue weighted by Crippen LogP contribution is 2.30. The first-order valence-corrected chi connectivity index (χ1v) is 7.15. The number of halogens is 1. The molecule has 0 fully saturated rings. The third-order valence-corrected chi connectivity index (χ3v) is 4.02. The Bertz CT molecular complexity index is 413. The van der Waals surface area contributed by atoms with Gasteiger partial charge in [-0.15, -0.1) is 0 Å². The van der Waals surface area contributed by atoms with E-state index in [1.165, 1.54) is 0 Å². The molecule has 0 aromatic heterocycles. The molecule has 1 aromatic carbocycles. The second kappa shape index (κ2) is 6.92. The van der Waals surface area contributed by atoms with Gasteiger partial charge in [-0.05, 0) is 30.5 Å². The lowest BCUT2D eigenvalue weighted by Gasteiger charge is -2.34. The van der Waals surface area contributed by atoms with Crippen LogP contribution in [0, 0.1) is 5.92 Å². The van der Waals surface area contributed by atoms with Crippen LogP contribution < -0.4 is 11.1 Å². The maximum Gasteiger partial charge on any atom is 0.224 e. The number of carbonyl (C=O) groups is 1. The molecule has 0 radical (unpaired) electrons. The number of hydrogen-bond donors (Lipinski definition) is 2. The zero-order chi connectivity index (χ0) is 14.5. The summed E-state index contributed by atoms with van der Waals surface area (Å²) in [5.41, 5.74) is 6.30. The average Bonchev–Trinajstić information content (AvgIpc) is 2.44. The molecular formula is C15H23ClN2O. The van der Waals surface area contributed by atoms with Crippen molar-refractivity contribution in [1.82, 2.24) is 5.32 Å². The van der Waals surface area contributed by atoms with E-state index in [0.29, 0.717) is 11.6 Å². The van der Waals surface area contributed by atoms with Crippen molar-refractivity contribution in [2.75, 3.05) is 6.54 Å². The molecule has 1 aromatic rings. The largest absolute Gasteiger partial charge is 0.346 e. The van der Waals surface area contributed by atoms with Crippen LogP contribution in [0.25, 0.3) is 0 Å². The van der Waals surface area contributed by atoms with Gasteiger partial charge in [-0.2, -0.15) is 0 Å². The van der Waals surface area contributed by atoms with Crippen LogP contribution >= 0.6 is 11.6 Å². The van der Waals surface area contributed by atoms with Gasteiger partial charge < -0.3 is 11.1 Å². The van der Waals surface area contributed by atoms with E-state index in [4.69, 9.17) is 17.3 Å². The lowest BCUT2D eigenvalue weighted by atomic mass is 9.84. The number of benzene rings is 1. The second-order valence-electron chi connectivity index (χ2n) is 4.92. The van der Waals surface area contributed by atoms with Crippen LogP contribution in [0.3, 0.4) is 0 Å². The Balaban J connectivity index is 3.03. The summed E-state index contributed by atoms with van der Waals surface area (Å²) in [6.45, 7) is 6.35. The van der Waals surface area contributed by atoms with E-state index in [2.05, 4.69) is 19.2 Å². The fourth-order valence-corrected chi connectivity index (χ4v) is 2.27. The number of rotatable bonds is 6. The summed E-state index contributed by atoms with van der Waals surface area (Å²) in [6.07, 6.45) is 1.66. The molecule has 0 saturated carbocycles. The minimum absolute atomic E-state index is 0.00106. The maximum absolute atomic E-state index is 12.1. The monoisotopic (exact) mass is 282 g/mol. The predicted octanol–water partition coefficient (Wildman–Crippen LogP) is 3.07. The van der Waals surface area contributed by atoms with Gasteiger partial charge in [0.05, 0.1) is 5.54 Å². The molecular weight excluding hydrogens is 260 g/mol. The Hall–Kier alpha value is -1.06. The van der Waals surface area contributed by atoms with Crippen LogP contribution in [-0.4, -0.2) is 12.5 Å². The van der Waals surface area contributed by atoms with Gasteiger partial charge in [-0.1, -0.05) is 44.5 Å². The molecule has 0 spiro atoms. The number of nitrogens with one attached hydrogen (secondary N) is 1. The van der Waals surface area contributed by atoms with Crippen LogP contribution in [0.4, 0.5) is 0 Å². The van der Waals surface area contributed by atoms with Crippen LogP contribution in [0.1, 0.15) is 39.2 Å². The predicted molar refractivity (Wildman–Crippen MR) is 80.1 cm³/mol. The lowest BCUT2D eigenvalue weighted by Crippen LogP contribution is -2.48. The molecule has 1 unspecified atom stereocenters. The summed E-state index contributed by atoms with van der Waals surface area (Å²) in [5, 5.41) is 3.85. The van der Waals surface area contributed by atoms with Crippen molar-refractivity contribution < 1.29 is 4.79 Å². The van der Waals surface area contributed by atoms with E-state index < -0.39 is 0 Å². The van der Waals surface area contributed by atoms with E-state index in [9.17, 15) is 4.79 Å². The smallest absolute Gasteiger partial charge is 0.224 e. The minimum atomic E-state index is -0.342. The summed E-state index contributed by atoms with van der Waals surface area (Å²) in [7, 11) is 0. The van der Waals surface area contributed by atoms with Crippen LogP contribution in [-0.2, 0) is 10.3 Å². The van der Waals surface area contributed by atoms with Crippen LogP contribution in [0.15, 0.2) is 24.3 Å². The highest BCUT2D eigenvalue weighted by molar-refractivity contribution is 6.30. The van der Waals surface area contributed by atoms with Crippen molar-refractivity contribution in [3.8, 4) is 0 Å². The summed E-state index contributed by atoms with van der Waals surface area (Å²) < 4.78 is 0. The van der Waals surface area contributed by atoms with Crippen molar-refractivity contribution in [1.29, 1.82) is 0 Å². The lowest BCUT2D eigenvalue weighted by molar-refractivity contribution is -0.126. The molecule has 3 nitrogen and oxygen atoms in total. The van der Waals surface area contributed by atoms with Gasteiger partial charge in [-0.25, -0.2) is 0 Å². The second-order valence-corrected chi connectivity index (χ2v) is 5.36. The standard InChI is InChI=1S/C15H23ClN2O/c1-4-15(5-2,18-14(19)11(3)10-17)12-6-8-13(16)9-7-12/h6-9,11H,4-5,10,17H2,1-3H3,(H,18,19). The topological polar surface area (TPSA) is 55.1 Å². The molecule has 0 aliphatic rings. The highest BCUT2D eigenvalue weighted by Gasteiger charge is 2.31. The normalized spacial score (nSPS) is 13.1. The summed E-state index contributed by atoms with van der Waals surface area (Å²) in [5.74, 6) is -0.175. The van der Waals surface area contributed by atoms with E-state index in [1.54, 1.807) is 0 Å². The molecule has 0 bridgehead atoms. The number of hydrogen-bond acceptors (Lipinski definition) is 2. The SMILES string of the molecule is CCC(CC)(NC(=O)C(C)CN)c1ccc(Cl)cc1. The maximum atomic E-state index is 12.1. The molecule has 4 heteroatoms. The molecule has 106 valence electrons. The average molecular weight is 283 g/mol. The van der Waals surface area contributed by atoms with E-state index in [1.807, 2.05) is 31.2 Å². The van der Waals surface area contributed by atoms with E-state index >= 15 is 0 Å². The van der Waals surface area contributed by atoms with Crippen molar-refractivity contribution in [3.05, 3.63) is 34.9 Å². The number of nitrogens with two attached hydrogens (primary N) is 1. The van der Waals surface area contributed by atoms with Gasteiger partial charge in [-0.3, -0.25) is 4.79 Å². The first-order valence-electron chi connectivity index (χ1n) is 6.77. The zero-order valence-electron chi connectivity index (χ0n) is 11.9. The molecule has 1 atom stereocenters. The first-order chi connectivity index (χ1) is 8.99. The Kier molecular flexibility index (Phi) is 5.83. The van der Waals surface area contributed by atoms with Crippen LogP contribution in [0.2, 0.25) is 5.02 Å².